The van der Waals surface area contributed by atoms with E-state index >= 15 is 0 Å². The molecule has 6 nitrogen and oxygen atoms in total. The molecule has 0 spiro atoms. The summed E-state index contributed by atoms with van der Waals surface area (Å²) in [5, 5.41) is 5.92. The standard InChI is InChI=1S/C25H17N3O3/c29-13-10-9-12(11-13)28-17-8-4-2-6-15(17)19-21-20(24(30)27-25(21)31)18-14-5-1-3-7-16(14)26-22(18)23(19)28/h1-8,12,26H,9-11H2,(H,27,30,31). The van der Waals surface area contributed by atoms with E-state index in [-0.39, 0.29) is 23.6 Å². The first-order chi connectivity index (χ1) is 15.1. The lowest BCUT2D eigenvalue weighted by molar-refractivity contribution is -0.117. The number of nitrogens with zero attached hydrogens (tertiary/aromatic N) is 1. The van der Waals surface area contributed by atoms with Crippen LogP contribution in [0.15, 0.2) is 48.5 Å². The van der Waals surface area contributed by atoms with E-state index in [1.165, 1.54) is 0 Å². The normalized spacial score (nSPS) is 18.7. The maximum absolute atomic E-state index is 13.0. The fraction of sp³-hybridized carbons (Fsp3) is 0.160. The van der Waals surface area contributed by atoms with Gasteiger partial charge in [0.25, 0.3) is 11.8 Å². The molecule has 1 saturated carbocycles. The van der Waals surface area contributed by atoms with Gasteiger partial charge >= 0.3 is 0 Å². The van der Waals surface area contributed by atoms with Gasteiger partial charge in [0.15, 0.2) is 0 Å². The molecule has 150 valence electrons. The minimum Gasteiger partial charge on any atom is -0.353 e. The topological polar surface area (TPSA) is 84.0 Å². The zero-order valence-electron chi connectivity index (χ0n) is 16.5. The van der Waals surface area contributed by atoms with Crippen molar-refractivity contribution in [2.75, 3.05) is 0 Å². The number of carbonyl (C=O) groups is 3. The van der Waals surface area contributed by atoms with Crippen molar-refractivity contribution < 1.29 is 14.4 Å². The molecule has 3 heterocycles. The van der Waals surface area contributed by atoms with Crippen molar-refractivity contribution in [1.82, 2.24) is 14.9 Å². The Morgan fingerprint density at radius 3 is 2.32 bits per heavy atom. The molecule has 31 heavy (non-hydrogen) atoms. The second-order valence-electron chi connectivity index (χ2n) is 8.50. The molecule has 0 bridgehead atoms. The van der Waals surface area contributed by atoms with Crippen LogP contribution < -0.4 is 5.32 Å². The van der Waals surface area contributed by atoms with Gasteiger partial charge in [-0.15, -0.1) is 0 Å². The first kappa shape index (κ1) is 16.8. The Labute approximate surface area is 175 Å². The number of amides is 2. The molecule has 1 aliphatic heterocycles. The molecule has 1 atom stereocenters. The van der Waals surface area contributed by atoms with Gasteiger partial charge in [0.1, 0.15) is 5.78 Å². The number of Topliss-reactive ketones (excluding diaryl/α,β-unsaturated/α-hetero) is 1. The Morgan fingerprint density at radius 1 is 0.839 bits per heavy atom. The molecular formula is C25H17N3O3. The second kappa shape index (κ2) is 5.60. The van der Waals surface area contributed by atoms with Crippen LogP contribution in [0.25, 0.3) is 43.6 Å². The van der Waals surface area contributed by atoms with Crippen LogP contribution in [0.3, 0.4) is 0 Å². The molecule has 2 aromatic heterocycles. The van der Waals surface area contributed by atoms with Gasteiger partial charge < -0.3 is 9.55 Å². The van der Waals surface area contributed by atoms with Crippen LogP contribution in [0.1, 0.15) is 46.0 Å². The van der Waals surface area contributed by atoms with E-state index in [1.54, 1.807) is 0 Å². The smallest absolute Gasteiger partial charge is 0.259 e. The summed E-state index contributed by atoms with van der Waals surface area (Å²) in [6.07, 6.45) is 1.83. The summed E-state index contributed by atoms with van der Waals surface area (Å²) in [4.78, 5) is 41.6. The third-order valence-corrected chi connectivity index (χ3v) is 6.87. The summed E-state index contributed by atoms with van der Waals surface area (Å²) in [6, 6.07) is 15.8. The predicted octanol–water partition coefficient (Wildman–Crippen LogP) is 4.61. The average molecular weight is 407 g/mol. The summed E-state index contributed by atoms with van der Waals surface area (Å²) in [6.45, 7) is 0. The molecule has 1 aliphatic carbocycles. The number of aromatic nitrogens is 2. The average Bonchev–Trinajstić information content (AvgIpc) is 3.50. The second-order valence-corrected chi connectivity index (χ2v) is 8.50. The van der Waals surface area contributed by atoms with E-state index in [2.05, 4.69) is 14.9 Å². The molecule has 0 radical (unpaired) electrons. The highest BCUT2D eigenvalue weighted by Crippen LogP contribution is 2.46. The molecule has 2 amide bonds. The number of fused-ring (bicyclic) bond motifs is 10. The van der Waals surface area contributed by atoms with E-state index in [0.29, 0.717) is 24.0 Å². The van der Waals surface area contributed by atoms with Gasteiger partial charge in [-0.2, -0.15) is 0 Å². The number of imide groups is 1. The van der Waals surface area contributed by atoms with Gasteiger partial charge in [-0.25, -0.2) is 0 Å². The molecule has 3 aromatic carbocycles. The largest absolute Gasteiger partial charge is 0.353 e. The van der Waals surface area contributed by atoms with Crippen LogP contribution in [-0.4, -0.2) is 27.1 Å². The van der Waals surface area contributed by atoms with Gasteiger partial charge in [-0.3, -0.25) is 19.7 Å². The molecule has 1 unspecified atom stereocenters. The molecule has 5 aromatic rings. The van der Waals surface area contributed by atoms with Crippen LogP contribution in [0.2, 0.25) is 0 Å². The quantitative estimate of drug-likeness (QED) is 0.398. The first-order valence-electron chi connectivity index (χ1n) is 10.5. The van der Waals surface area contributed by atoms with E-state index in [9.17, 15) is 14.4 Å². The van der Waals surface area contributed by atoms with Crippen LogP contribution >= 0.6 is 0 Å². The van der Waals surface area contributed by atoms with E-state index in [0.717, 1.165) is 50.0 Å². The van der Waals surface area contributed by atoms with Gasteiger partial charge in [0, 0.05) is 51.5 Å². The first-order valence-corrected chi connectivity index (χ1v) is 10.5. The molecule has 2 N–H and O–H groups in total. The Kier molecular flexibility index (Phi) is 3.04. The summed E-state index contributed by atoms with van der Waals surface area (Å²) >= 11 is 0. The molecule has 6 heteroatoms. The lowest BCUT2D eigenvalue weighted by Crippen LogP contribution is -2.20. The summed E-state index contributed by atoms with van der Waals surface area (Å²) in [5.41, 5.74) is 4.52. The molecular weight excluding hydrogens is 390 g/mol. The van der Waals surface area contributed by atoms with Gasteiger partial charge in [0.2, 0.25) is 0 Å². The van der Waals surface area contributed by atoms with E-state index < -0.39 is 0 Å². The Balaban J connectivity index is 1.81. The predicted molar refractivity (Wildman–Crippen MR) is 118 cm³/mol. The lowest BCUT2D eigenvalue weighted by atomic mass is 9.96. The number of rotatable bonds is 1. The van der Waals surface area contributed by atoms with Crippen molar-refractivity contribution in [3.63, 3.8) is 0 Å². The van der Waals surface area contributed by atoms with Crippen LogP contribution in [0.5, 0.6) is 0 Å². The van der Waals surface area contributed by atoms with Crippen molar-refractivity contribution in [3.05, 3.63) is 59.7 Å². The number of nitrogens with one attached hydrogen (secondary N) is 2. The third-order valence-electron chi connectivity index (χ3n) is 6.87. The number of H-pyrrole nitrogens is 1. The minimum absolute atomic E-state index is 0.0303. The third kappa shape index (κ3) is 1.99. The molecule has 7 rings (SSSR count). The number of aromatic amines is 1. The van der Waals surface area contributed by atoms with Crippen molar-refractivity contribution in [2.45, 2.75) is 25.3 Å². The van der Waals surface area contributed by atoms with E-state index in [4.69, 9.17) is 0 Å². The fourth-order valence-corrected chi connectivity index (χ4v) is 5.67. The molecule has 0 saturated heterocycles. The molecule has 1 fully saturated rings. The maximum Gasteiger partial charge on any atom is 0.259 e. The van der Waals surface area contributed by atoms with Crippen molar-refractivity contribution in [1.29, 1.82) is 0 Å². The minimum atomic E-state index is -0.359. The number of carbonyl (C=O) groups excluding carboxylic acids is 3. The zero-order chi connectivity index (χ0) is 20.9. The number of ketones is 1. The van der Waals surface area contributed by atoms with Gasteiger partial charge in [-0.05, 0) is 18.6 Å². The number of hydrogen-bond acceptors (Lipinski definition) is 3. The number of benzene rings is 3. The van der Waals surface area contributed by atoms with Gasteiger partial charge in [0.05, 0.1) is 22.2 Å². The summed E-state index contributed by atoms with van der Waals surface area (Å²) in [5.74, 6) is -0.454. The highest BCUT2D eigenvalue weighted by Gasteiger charge is 2.37. The maximum atomic E-state index is 13.0. The van der Waals surface area contributed by atoms with Crippen molar-refractivity contribution in [2.24, 2.45) is 0 Å². The number of hydrogen-bond donors (Lipinski definition) is 2. The van der Waals surface area contributed by atoms with Crippen molar-refractivity contribution in [3.8, 4) is 0 Å². The lowest BCUT2D eigenvalue weighted by Gasteiger charge is -2.15. The fourth-order valence-electron chi connectivity index (χ4n) is 5.67. The SMILES string of the molecule is O=C1CCC(n2c3ccccc3c3c4c(c5c6ccccc6[nH]c5c32)C(=O)NC4=O)C1. The zero-order valence-corrected chi connectivity index (χ0v) is 16.5. The van der Waals surface area contributed by atoms with Crippen LogP contribution in [-0.2, 0) is 4.79 Å². The Morgan fingerprint density at radius 2 is 1.55 bits per heavy atom. The van der Waals surface area contributed by atoms with Gasteiger partial charge in [-0.1, -0.05) is 36.4 Å². The van der Waals surface area contributed by atoms with E-state index in [1.807, 2.05) is 48.5 Å². The van der Waals surface area contributed by atoms with Crippen molar-refractivity contribution >= 4 is 61.2 Å². The Hall–Kier alpha value is -3.93. The monoisotopic (exact) mass is 407 g/mol. The summed E-state index contributed by atoms with van der Waals surface area (Å²) < 4.78 is 2.23. The highest BCUT2D eigenvalue weighted by molar-refractivity contribution is 6.39. The van der Waals surface area contributed by atoms with Crippen LogP contribution in [0, 0.1) is 0 Å². The number of para-hydroxylation sites is 2. The van der Waals surface area contributed by atoms with Crippen LogP contribution in [0.4, 0.5) is 0 Å². The highest BCUT2D eigenvalue weighted by atomic mass is 16.2. The Bertz CT molecular complexity index is 1650. The molecule has 2 aliphatic rings. The summed E-state index contributed by atoms with van der Waals surface area (Å²) in [7, 11) is 0.